The largest absolute Gasteiger partial charge is 0.403 e. The Kier molecular flexibility index (Phi) is 6.23. The van der Waals surface area contributed by atoms with Crippen LogP contribution in [-0.4, -0.2) is 18.7 Å². The van der Waals surface area contributed by atoms with Gasteiger partial charge in [-0.3, -0.25) is 9.79 Å². The van der Waals surface area contributed by atoms with Gasteiger partial charge in [0.25, 0.3) is 0 Å². The van der Waals surface area contributed by atoms with Crippen molar-refractivity contribution < 1.29 is 4.79 Å². The fourth-order valence-corrected chi connectivity index (χ4v) is 0.706. The summed E-state index contributed by atoms with van der Waals surface area (Å²) < 4.78 is 0. The Morgan fingerprint density at radius 2 is 2.46 bits per heavy atom. The highest BCUT2D eigenvalue weighted by atomic mass is 16.1. The number of hydrogen-bond acceptors (Lipinski definition) is 3. The zero-order chi connectivity index (χ0) is 10.1. The van der Waals surface area contributed by atoms with Crippen molar-refractivity contribution in [2.75, 3.05) is 0 Å². The van der Waals surface area contributed by atoms with Crippen LogP contribution in [0.5, 0.6) is 0 Å². The molecular weight excluding hydrogens is 166 g/mol. The second-order valence-electron chi connectivity index (χ2n) is 2.54. The lowest BCUT2D eigenvalue weighted by atomic mass is 10.2. The number of allylic oxidation sites excluding steroid dienone is 1. The average molecular weight is 181 g/mol. The van der Waals surface area contributed by atoms with Crippen molar-refractivity contribution >= 4 is 12.6 Å². The minimum absolute atomic E-state index is 0.154. The molecule has 0 aliphatic heterocycles. The summed E-state index contributed by atoms with van der Waals surface area (Å²) in [6.07, 6.45) is 5.97. The Morgan fingerprint density at radius 1 is 1.77 bits per heavy atom. The summed E-state index contributed by atoms with van der Waals surface area (Å²) in [5, 5.41) is 2.41. The van der Waals surface area contributed by atoms with Gasteiger partial charge in [0.05, 0.1) is 11.7 Å². The number of hydrogen-bond donors (Lipinski definition) is 2. The Hall–Kier alpha value is -1.58. The first-order valence-electron chi connectivity index (χ1n) is 4.00. The van der Waals surface area contributed by atoms with Gasteiger partial charge in [0, 0.05) is 12.4 Å². The van der Waals surface area contributed by atoms with E-state index in [1.165, 1.54) is 12.4 Å². The van der Waals surface area contributed by atoms with E-state index in [-0.39, 0.29) is 6.04 Å². The lowest BCUT2D eigenvalue weighted by Crippen LogP contribution is -2.13. The highest BCUT2D eigenvalue weighted by molar-refractivity contribution is 5.81. The second-order valence-corrected chi connectivity index (χ2v) is 2.54. The number of carbonyl (C=O) groups is 1. The van der Waals surface area contributed by atoms with Gasteiger partial charge in [-0.05, 0) is 13.3 Å². The predicted octanol–water partition coefficient (Wildman–Crippen LogP) is 0.568. The van der Waals surface area contributed by atoms with Gasteiger partial charge >= 0.3 is 0 Å². The molecule has 1 amide bonds. The Bertz CT molecular complexity index is 221. The van der Waals surface area contributed by atoms with Crippen molar-refractivity contribution in [1.29, 1.82) is 0 Å². The fourth-order valence-electron chi connectivity index (χ4n) is 0.706. The molecule has 0 radical (unpaired) electrons. The number of carbonyl (C=O) groups excluding carboxylic acids is 1. The predicted molar refractivity (Wildman–Crippen MR) is 54.2 cm³/mol. The molecule has 0 spiro atoms. The van der Waals surface area contributed by atoms with Crippen molar-refractivity contribution in [2.24, 2.45) is 10.7 Å². The number of amides is 1. The third-order valence-corrected chi connectivity index (χ3v) is 1.38. The molecule has 0 saturated heterocycles. The minimum atomic E-state index is 0.154. The summed E-state index contributed by atoms with van der Waals surface area (Å²) in [5.74, 6) is 0. The molecule has 1 unspecified atom stereocenters. The SMILES string of the molecule is C=CCC(C)N=C/C(=C\N)NC=O. The van der Waals surface area contributed by atoms with Crippen LogP contribution in [0.25, 0.3) is 0 Å². The Labute approximate surface area is 78.2 Å². The van der Waals surface area contributed by atoms with Gasteiger partial charge in [-0.2, -0.15) is 0 Å². The van der Waals surface area contributed by atoms with Gasteiger partial charge < -0.3 is 11.1 Å². The van der Waals surface area contributed by atoms with E-state index in [0.29, 0.717) is 12.1 Å². The van der Waals surface area contributed by atoms with E-state index in [4.69, 9.17) is 5.73 Å². The summed E-state index contributed by atoms with van der Waals surface area (Å²) in [6, 6.07) is 0.154. The van der Waals surface area contributed by atoms with Crippen LogP contribution < -0.4 is 11.1 Å². The van der Waals surface area contributed by atoms with Crippen molar-refractivity contribution in [3.63, 3.8) is 0 Å². The first kappa shape index (κ1) is 11.4. The van der Waals surface area contributed by atoms with Gasteiger partial charge in [0.15, 0.2) is 0 Å². The van der Waals surface area contributed by atoms with Crippen LogP contribution in [0.1, 0.15) is 13.3 Å². The van der Waals surface area contributed by atoms with E-state index in [2.05, 4.69) is 16.9 Å². The minimum Gasteiger partial charge on any atom is -0.403 e. The number of nitrogens with zero attached hydrogens (tertiary/aromatic N) is 1. The molecular formula is C9H15N3O. The van der Waals surface area contributed by atoms with Crippen molar-refractivity contribution in [2.45, 2.75) is 19.4 Å². The van der Waals surface area contributed by atoms with Crippen molar-refractivity contribution in [3.8, 4) is 0 Å². The van der Waals surface area contributed by atoms with Crippen LogP contribution >= 0.6 is 0 Å². The molecule has 0 aliphatic rings. The molecule has 13 heavy (non-hydrogen) atoms. The van der Waals surface area contributed by atoms with Crippen LogP contribution in [0.3, 0.4) is 0 Å². The molecule has 0 bridgehead atoms. The highest BCUT2D eigenvalue weighted by Crippen LogP contribution is 1.96. The summed E-state index contributed by atoms with van der Waals surface area (Å²) >= 11 is 0. The van der Waals surface area contributed by atoms with Gasteiger partial charge in [-0.15, -0.1) is 6.58 Å². The summed E-state index contributed by atoms with van der Waals surface area (Å²) in [4.78, 5) is 14.2. The lowest BCUT2D eigenvalue weighted by molar-refractivity contribution is -0.108. The Balaban J connectivity index is 4.06. The maximum atomic E-state index is 10.1. The topological polar surface area (TPSA) is 67.5 Å². The van der Waals surface area contributed by atoms with Gasteiger partial charge in [-0.25, -0.2) is 0 Å². The van der Waals surface area contributed by atoms with E-state index in [1.54, 1.807) is 6.08 Å². The molecule has 0 aromatic rings. The van der Waals surface area contributed by atoms with Gasteiger partial charge in [0.2, 0.25) is 6.41 Å². The zero-order valence-corrected chi connectivity index (χ0v) is 7.73. The fraction of sp³-hybridized carbons (Fsp3) is 0.333. The monoisotopic (exact) mass is 181 g/mol. The molecule has 0 heterocycles. The first-order valence-corrected chi connectivity index (χ1v) is 4.00. The second kappa shape index (κ2) is 7.09. The zero-order valence-electron chi connectivity index (χ0n) is 7.73. The smallest absolute Gasteiger partial charge is 0.211 e. The number of nitrogens with one attached hydrogen (secondary N) is 1. The van der Waals surface area contributed by atoms with Crippen molar-refractivity contribution in [1.82, 2.24) is 5.32 Å². The maximum Gasteiger partial charge on any atom is 0.211 e. The summed E-state index contributed by atoms with van der Waals surface area (Å²) in [5.41, 5.74) is 5.72. The van der Waals surface area contributed by atoms with E-state index in [9.17, 15) is 4.79 Å². The summed E-state index contributed by atoms with van der Waals surface area (Å²) in [7, 11) is 0. The van der Waals surface area contributed by atoms with Crippen LogP contribution in [-0.2, 0) is 4.79 Å². The lowest BCUT2D eigenvalue weighted by Gasteiger charge is -2.01. The van der Waals surface area contributed by atoms with E-state index >= 15 is 0 Å². The van der Waals surface area contributed by atoms with Crippen LogP contribution in [0.2, 0.25) is 0 Å². The maximum absolute atomic E-state index is 10.1. The molecule has 0 aromatic carbocycles. The molecule has 72 valence electrons. The summed E-state index contributed by atoms with van der Waals surface area (Å²) in [6.45, 7) is 5.55. The number of nitrogens with two attached hydrogens (primary N) is 1. The third kappa shape index (κ3) is 5.66. The molecule has 0 fully saturated rings. The molecule has 3 N–H and O–H groups in total. The molecule has 0 aromatic heterocycles. The number of aliphatic imine (C=N–C) groups is 1. The first-order chi connectivity index (χ1) is 6.24. The standard InChI is InChI=1S/C9H15N3O/c1-3-4-8(2)11-6-9(5-10)12-7-13/h3,5-8H,1,4,10H2,2H3,(H,12,13)/b9-5+,11-6?. The van der Waals surface area contributed by atoms with Gasteiger partial charge in [-0.1, -0.05) is 6.08 Å². The number of rotatable bonds is 6. The van der Waals surface area contributed by atoms with Gasteiger partial charge in [0.1, 0.15) is 0 Å². The molecule has 4 heteroatoms. The molecule has 4 nitrogen and oxygen atoms in total. The highest BCUT2D eigenvalue weighted by Gasteiger charge is 1.94. The molecule has 1 atom stereocenters. The van der Waals surface area contributed by atoms with E-state index in [0.717, 1.165) is 6.42 Å². The van der Waals surface area contributed by atoms with E-state index < -0.39 is 0 Å². The molecule has 0 rings (SSSR count). The van der Waals surface area contributed by atoms with Crippen LogP contribution in [0.4, 0.5) is 0 Å². The average Bonchev–Trinajstić information content (AvgIpc) is 2.12. The quantitative estimate of drug-likeness (QED) is 0.357. The van der Waals surface area contributed by atoms with Crippen molar-refractivity contribution in [3.05, 3.63) is 24.6 Å². The molecule has 0 saturated carbocycles. The van der Waals surface area contributed by atoms with Crippen LogP contribution in [0.15, 0.2) is 29.5 Å². The normalized spacial score (nSPS) is 14.1. The third-order valence-electron chi connectivity index (χ3n) is 1.38. The van der Waals surface area contributed by atoms with Crippen LogP contribution in [0, 0.1) is 0 Å². The molecule has 0 aliphatic carbocycles. The Morgan fingerprint density at radius 3 is 2.92 bits per heavy atom. The van der Waals surface area contributed by atoms with E-state index in [1.807, 2.05) is 6.92 Å².